The maximum atomic E-state index is 9.47. The molecule has 114 valence electrons. The van der Waals surface area contributed by atoms with E-state index in [0.717, 1.165) is 23.5 Å². The number of aliphatic hydroxyl groups excluding tert-OH is 1. The predicted octanol–water partition coefficient (Wildman–Crippen LogP) is 3.74. The van der Waals surface area contributed by atoms with E-state index in [-0.39, 0.29) is 12.0 Å². The Balaban J connectivity index is 3.10. The molecule has 1 N–H and O–H groups in total. The maximum Gasteiger partial charge on any atom is 0.129 e. The minimum atomic E-state index is -0.0118. The third-order valence-electron chi connectivity index (χ3n) is 3.66. The van der Waals surface area contributed by atoms with Crippen LogP contribution in [0.1, 0.15) is 59.2 Å². The van der Waals surface area contributed by atoms with E-state index in [4.69, 9.17) is 4.98 Å². The van der Waals surface area contributed by atoms with Crippen molar-refractivity contribution in [3.05, 3.63) is 23.4 Å². The van der Waals surface area contributed by atoms with Crippen LogP contribution in [0.4, 0.5) is 5.82 Å². The minimum Gasteiger partial charge on any atom is -0.392 e. The number of aliphatic hydroxyl groups is 1. The van der Waals surface area contributed by atoms with Gasteiger partial charge in [-0.25, -0.2) is 4.98 Å². The van der Waals surface area contributed by atoms with Gasteiger partial charge in [-0.05, 0) is 37.0 Å². The van der Waals surface area contributed by atoms with E-state index in [1.807, 2.05) is 12.1 Å². The van der Waals surface area contributed by atoms with Gasteiger partial charge in [-0.1, -0.05) is 34.6 Å². The van der Waals surface area contributed by atoms with E-state index < -0.39 is 0 Å². The SMILES string of the molecule is CC(C)CC(C)N(C)c1cc(CO)cc(C(C)(C)C)n1. The highest BCUT2D eigenvalue weighted by molar-refractivity contribution is 5.44. The second kappa shape index (κ2) is 6.57. The zero-order chi connectivity index (χ0) is 15.5. The van der Waals surface area contributed by atoms with Crippen LogP contribution in [0.5, 0.6) is 0 Å². The predicted molar refractivity (Wildman–Crippen MR) is 86.2 cm³/mol. The summed E-state index contributed by atoms with van der Waals surface area (Å²) in [4.78, 5) is 7.01. The fourth-order valence-electron chi connectivity index (χ4n) is 2.29. The summed E-state index contributed by atoms with van der Waals surface area (Å²) < 4.78 is 0. The van der Waals surface area contributed by atoms with Crippen molar-refractivity contribution >= 4 is 5.82 Å². The van der Waals surface area contributed by atoms with Crippen LogP contribution in [-0.2, 0) is 12.0 Å². The zero-order valence-corrected chi connectivity index (χ0v) is 14.1. The summed E-state index contributed by atoms with van der Waals surface area (Å²) in [7, 11) is 2.09. The average Bonchev–Trinajstić information content (AvgIpc) is 2.35. The van der Waals surface area contributed by atoms with Gasteiger partial charge in [0.15, 0.2) is 0 Å². The van der Waals surface area contributed by atoms with E-state index in [9.17, 15) is 5.11 Å². The molecule has 0 saturated carbocycles. The van der Waals surface area contributed by atoms with Crippen LogP contribution < -0.4 is 4.90 Å². The normalized spacial score (nSPS) is 13.7. The number of aromatic nitrogens is 1. The molecule has 0 saturated heterocycles. The molecular weight excluding hydrogens is 248 g/mol. The first-order valence-corrected chi connectivity index (χ1v) is 7.50. The lowest BCUT2D eigenvalue weighted by Crippen LogP contribution is -2.31. The maximum absolute atomic E-state index is 9.47. The molecule has 0 spiro atoms. The summed E-state index contributed by atoms with van der Waals surface area (Å²) in [6.07, 6.45) is 1.13. The van der Waals surface area contributed by atoms with E-state index in [1.165, 1.54) is 0 Å². The van der Waals surface area contributed by atoms with Gasteiger partial charge >= 0.3 is 0 Å². The van der Waals surface area contributed by atoms with Gasteiger partial charge in [-0.2, -0.15) is 0 Å². The van der Waals surface area contributed by atoms with Crippen molar-refractivity contribution in [3.8, 4) is 0 Å². The molecule has 20 heavy (non-hydrogen) atoms. The first-order valence-electron chi connectivity index (χ1n) is 7.50. The Kier molecular flexibility index (Phi) is 5.58. The van der Waals surface area contributed by atoms with Crippen molar-refractivity contribution in [2.75, 3.05) is 11.9 Å². The van der Waals surface area contributed by atoms with Gasteiger partial charge in [0.1, 0.15) is 5.82 Å². The lowest BCUT2D eigenvalue weighted by molar-refractivity contribution is 0.281. The van der Waals surface area contributed by atoms with Crippen LogP contribution in [0.25, 0.3) is 0 Å². The molecule has 0 bridgehead atoms. The van der Waals surface area contributed by atoms with E-state index >= 15 is 0 Å². The van der Waals surface area contributed by atoms with E-state index in [2.05, 4.69) is 53.5 Å². The molecule has 1 heterocycles. The highest BCUT2D eigenvalue weighted by Gasteiger charge is 2.20. The molecular formula is C17H30N2O. The molecule has 0 aliphatic carbocycles. The number of anilines is 1. The first kappa shape index (κ1) is 17.0. The Labute approximate surface area is 124 Å². The molecule has 1 aromatic rings. The Bertz CT molecular complexity index is 435. The lowest BCUT2D eigenvalue weighted by atomic mass is 9.90. The van der Waals surface area contributed by atoms with Gasteiger partial charge in [-0.3, -0.25) is 0 Å². The summed E-state index contributed by atoms with van der Waals surface area (Å²) in [5.41, 5.74) is 1.95. The van der Waals surface area contributed by atoms with Crippen LogP contribution >= 0.6 is 0 Å². The Morgan fingerprint density at radius 2 is 1.80 bits per heavy atom. The van der Waals surface area contributed by atoms with Crippen LogP contribution in [-0.4, -0.2) is 23.2 Å². The Morgan fingerprint density at radius 3 is 2.25 bits per heavy atom. The van der Waals surface area contributed by atoms with E-state index in [0.29, 0.717) is 12.0 Å². The molecule has 0 radical (unpaired) electrons. The smallest absolute Gasteiger partial charge is 0.129 e. The molecule has 0 aliphatic heterocycles. The number of nitrogens with zero attached hydrogens (tertiary/aromatic N) is 2. The molecule has 1 unspecified atom stereocenters. The number of pyridine rings is 1. The molecule has 1 rings (SSSR count). The second-order valence-electron chi connectivity index (χ2n) is 7.22. The highest BCUT2D eigenvalue weighted by atomic mass is 16.3. The molecule has 1 aromatic heterocycles. The van der Waals surface area contributed by atoms with Crippen molar-refractivity contribution in [2.45, 2.75) is 66.0 Å². The van der Waals surface area contributed by atoms with Crippen molar-refractivity contribution in [2.24, 2.45) is 5.92 Å². The van der Waals surface area contributed by atoms with Gasteiger partial charge in [0.25, 0.3) is 0 Å². The summed E-state index contributed by atoms with van der Waals surface area (Å²) in [6, 6.07) is 4.43. The monoisotopic (exact) mass is 278 g/mol. The van der Waals surface area contributed by atoms with Gasteiger partial charge < -0.3 is 10.0 Å². The van der Waals surface area contributed by atoms with Gasteiger partial charge in [0, 0.05) is 24.2 Å². The van der Waals surface area contributed by atoms with Gasteiger partial charge in [-0.15, -0.1) is 0 Å². The molecule has 0 aliphatic rings. The molecule has 1 atom stereocenters. The minimum absolute atomic E-state index is 0.0118. The summed E-state index contributed by atoms with van der Waals surface area (Å²) in [5, 5.41) is 9.47. The fourth-order valence-corrected chi connectivity index (χ4v) is 2.29. The lowest BCUT2D eigenvalue weighted by Gasteiger charge is -2.29. The number of hydrogen-bond donors (Lipinski definition) is 1. The summed E-state index contributed by atoms with van der Waals surface area (Å²) in [6.45, 7) is 13.2. The summed E-state index contributed by atoms with van der Waals surface area (Å²) >= 11 is 0. The zero-order valence-electron chi connectivity index (χ0n) is 14.1. The van der Waals surface area contributed by atoms with Crippen molar-refractivity contribution in [3.63, 3.8) is 0 Å². The Morgan fingerprint density at radius 1 is 1.20 bits per heavy atom. The highest BCUT2D eigenvalue weighted by Crippen LogP contribution is 2.26. The average molecular weight is 278 g/mol. The molecule has 3 nitrogen and oxygen atoms in total. The van der Waals surface area contributed by atoms with Crippen molar-refractivity contribution in [1.29, 1.82) is 0 Å². The first-order chi connectivity index (χ1) is 9.15. The standard InChI is InChI=1S/C17H30N2O/c1-12(2)8-13(3)19(7)16-10-14(11-20)9-15(18-16)17(4,5)6/h9-10,12-13,20H,8,11H2,1-7H3. The topological polar surface area (TPSA) is 36.4 Å². The number of rotatable bonds is 5. The molecule has 0 fully saturated rings. The third-order valence-corrected chi connectivity index (χ3v) is 3.66. The molecule has 0 amide bonds. The van der Waals surface area contributed by atoms with Crippen molar-refractivity contribution < 1.29 is 5.11 Å². The van der Waals surface area contributed by atoms with Crippen LogP contribution in [0.2, 0.25) is 0 Å². The van der Waals surface area contributed by atoms with Gasteiger partial charge in [0.05, 0.1) is 6.61 Å². The molecule has 3 heteroatoms. The molecule has 0 aromatic carbocycles. The third kappa shape index (κ3) is 4.48. The van der Waals surface area contributed by atoms with Crippen molar-refractivity contribution in [1.82, 2.24) is 4.98 Å². The second-order valence-corrected chi connectivity index (χ2v) is 7.22. The van der Waals surface area contributed by atoms with Crippen LogP contribution in [0.15, 0.2) is 12.1 Å². The quantitative estimate of drug-likeness (QED) is 0.891. The van der Waals surface area contributed by atoms with Crippen LogP contribution in [0, 0.1) is 5.92 Å². The Hall–Kier alpha value is -1.09. The largest absolute Gasteiger partial charge is 0.392 e. The summed E-state index contributed by atoms with van der Waals surface area (Å²) in [5.74, 6) is 1.62. The van der Waals surface area contributed by atoms with Gasteiger partial charge in [0.2, 0.25) is 0 Å². The van der Waals surface area contributed by atoms with E-state index in [1.54, 1.807) is 0 Å². The fraction of sp³-hybridized carbons (Fsp3) is 0.706. The number of hydrogen-bond acceptors (Lipinski definition) is 3. The van der Waals surface area contributed by atoms with Crippen LogP contribution in [0.3, 0.4) is 0 Å².